The average Bonchev–Trinajstić information content (AvgIpc) is 2.72. The number of hydrogen-bond acceptors (Lipinski definition) is 3. The number of H-pyrrole nitrogens is 1. The van der Waals surface area contributed by atoms with Crippen LogP contribution in [0.1, 0.15) is 18.6 Å². The molecule has 0 bridgehead atoms. The van der Waals surface area contributed by atoms with Gasteiger partial charge in [-0.2, -0.15) is 0 Å². The number of para-hydroxylation sites is 1. The van der Waals surface area contributed by atoms with Gasteiger partial charge in [0.1, 0.15) is 12.3 Å². The van der Waals surface area contributed by atoms with Gasteiger partial charge in [-0.05, 0) is 12.6 Å². The van der Waals surface area contributed by atoms with Crippen LogP contribution in [-0.2, 0) is 0 Å². The molecule has 2 aromatic rings. The molecule has 2 rings (SSSR count). The SMILES string of the molecule is CCNC(O)C(O)c1c[nH]c2ccccc12. The van der Waals surface area contributed by atoms with Crippen LogP contribution < -0.4 is 5.32 Å². The largest absolute Gasteiger partial charge is 0.384 e. The van der Waals surface area contributed by atoms with Crippen LogP contribution in [-0.4, -0.2) is 28.0 Å². The number of aromatic amines is 1. The number of hydrogen-bond donors (Lipinski definition) is 4. The summed E-state index contributed by atoms with van der Waals surface area (Å²) in [7, 11) is 0. The van der Waals surface area contributed by atoms with Crippen LogP contribution in [0.5, 0.6) is 0 Å². The normalized spacial score (nSPS) is 15.2. The maximum absolute atomic E-state index is 9.97. The summed E-state index contributed by atoms with van der Waals surface area (Å²) in [5.74, 6) is 0. The van der Waals surface area contributed by atoms with E-state index in [2.05, 4.69) is 10.3 Å². The first kappa shape index (κ1) is 11.1. The van der Waals surface area contributed by atoms with E-state index in [9.17, 15) is 10.2 Å². The highest BCUT2D eigenvalue weighted by molar-refractivity contribution is 5.83. The third-order valence-electron chi connectivity index (χ3n) is 2.65. The van der Waals surface area contributed by atoms with Crippen molar-refractivity contribution in [3.8, 4) is 0 Å². The zero-order valence-electron chi connectivity index (χ0n) is 9.14. The molecule has 0 saturated heterocycles. The molecule has 1 heterocycles. The van der Waals surface area contributed by atoms with Crippen molar-refractivity contribution < 1.29 is 10.2 Å². The predicted octanol–water partition coefficient (Wildman–Crippen LogP) is 1.13. The third kappa shape index (κ3) is 1.95. The first-order valence-electron chi connectivity index (χ1n) is 5.39. The summed E-state index contributed by atoms with van der Waals surface area (Å²) in [6.45, 7) is 2.49. The minimum Gasteiger partial charge on any atom is -0.384 e. The van der Waals surface area contributed by atoms with Gasteiger partial charge in [-0.1, -0.05) is 25.1 Å². The summed E-state index contributed by atoms with van der Waals surface area (Å²) < 4.78 is 0. The second kappa shape index (κ2) is 4.65. The molecule has 1 aromatic heterocycles. The van der Waals surface area contributed by atoms with E-state index in [1.54, 1.807) is 6.20 Å². The zero-order chi connectivity index (χ0) is 11.5. The van der Waals surface area contributed by atoms with Crippen LogP contribution in [0.15, 0.2) is 30.5 Å². The number of nitrogens with one attached hydrogen (secondary N) is 2. The van der Waals surface area contributed by atoms with E-state index in [-0.39, 0.29) is 0 Å². The number of aromatic nitrogens is 1. The first-order valence-corrected chi connectivity index (χ1v) is 5.39. The van der Waals surface area contributed by atoms with Crippen molar-refractivity contribution in [3.05, 3.63) is 36.0 Å². The molecule has 86 valence electrons. The van der Waals surface area contributed by atoms with Gasteiger partial charge in [-0.25, -0.2) is 0 Å². The van der Waals surface area contributed by atoms with E-state index in [4.69, 9.17) is 0 Å². The number of fused-ring (bicyclic) bond motifs is 1. The van der Waals surface area contributed by atoms with Crippen molar-refractivity contribution in [1.29, 1.82) is 0 Å². The topological polar surface area (TPSA) is 68.3 Å². The molecule has 0 radical (unpaired) electrons. The van der Waals surface area contributed by atoms with Crippen molar-refractivity contribution >= 4 is 10.9 Å². The number of likely N-dealkylation sites (N-methyl/N-ethyl adjacent to an activating group) is 1. The average molecular weight is 220 g/mol. The number of aliphatic hydroxyl groups excluding tert-OH is 2. The van der Waals surface area contributed by atoms with Crippen LogP contribution in [0, 0.1) is 0 Å². The maximum atomic E-state index is 9.97. The van der Waals surface area contributed by atoms with E-state index in [0.717, 1.165) is 10.9 Å². The number of rotatable bonds is 4. The number of aliphatic hydroxyl groups is 2. The van der Waals surface area contributed by atoms with Crippen LogP contribution in [0.4, 0.5) is 0 Å². The second-order valence-corrected chi connectivity index (χ2v) is 3.74. The fourth-order valence-corrected chi connectivity index (χ4v) is 1.83. The molecule has 4 nitrogen and oxygen atoms in total. The van der Waals surface area contributed by atoms with Gasteiger partial charge in [0.2, 0.25) is 0 Å². The van der Waals surface area contributed by atoms with E-state index in [1.165, 1.54) is 0 Å². The molecule has 0 fully saturated rings. The van der Waals surface area contributed by atoms with Crippen molar-refractivity contribution in [3.63, 3.8) is 0 Å². The lowest BCUT2D eigenvalue weighted by Gasteiger charge is -2.17. The van der Waals surface area contributed by atoms with Crippen LogP contribution in [0.25, 0.3) is 10.9 Å². The zero-order valence-corrected chi connectivity index (χ0v) is 9.14. The highest BCUT2D eigenvalue weighted by atomic mass is 16.3. The Balaban J connectivity index is 2.32. The lowest BCUT2D eigenvalue weighted by molar-refractivity contribution is -0.00102. The second-order valence-electron chi connectivity index (χ2n) is 3.74. The quantitative estimate of drug-likeness (QED) is 0.584. The Hall–Kier alpha value is -1.36. The molecule has 0 aliphatic carbocycles. The lowest BCUT2D eigenvalue weighted by atomic mass is 10.1. The van der Waals surface area contributed by atoms with Crippen molar-refractivity contribution in [1.82, 2.24) is 10.3 Å². The van der Waals surface area contributed by atoms with Gasteiger partial charge in [-0.15, -0.1) is 0 Å². The Bertz CT molecular complexity index is 467. The fraction of sp³-hybridized carbons (Fsp3) is 0.333. The van der Waals surface area contributed by atoms with Crippen LogP contribution in [0.2, 0.25) is 0 Å². The molecule has 2 unspecified atom stereocenters. The molecule has 0 aliphatic rings. The van der Waals surface area contributed by atoms with E-state index >= 15 is 0 Å². The van der Waals surface area contributed by atoms with Crippen LogP contribution in [0.3, 0.4) is 0 Å². The summed E-state index contributed by atoms with van der Waals surface area (Å²) in [4.78, 5) is 3.07. The molecule has 1 aromatic carbocycles. The van der Waals surface area contributed by atoms with Gasteiger partial charge in [0.25, 0.3) is 0 Å². The summed E-state index contributed by atoms with van der Waals surface area (Å²) >= 11 is 0. The minimum absolute atomic E-state index is 0.612. The fourth-order valence-electron chi connectivity index (χ4n) is 1.83. The standard InChI is InChI=1S/C12H16N2O2/c1-2-13-12(16)11(15)9-7-14-10-6-4-3-5-8(9)10/h3-7,11-16H,2H2,1H3. The lowest BCUT2D eigenvalue weighted by Crippen LogP contribution is -2.34. The van der Waals surface area contributed by atoms with Gasteiger partial charge >= 0.3 is 0 Å². The Morgan fingerprint density at radius 3 is 2.81 bits per heavy atom. The van der Waals surface area contributed by atoms with E-state index in [1.807, 2.05) is 31.2 Å². The molecular weight excluding hydrogens is 204 g/mol. The molecule has 2 atom stereocenters. The minimum atomic E-state index is -0.941. The van der Waals surface area contributed by atoms with Gasteiger partial charge in [0.05, 0.1) is 0 Å². The van der Waals surface area contributed by atoms with Gasteiger partial charge in [0.15, 0.2) is 0 Å². The monoisotopic (exact) mass is 220 g/mol. The Kier molecular flexibility index (Phi) is 3.24. The highest BCUT2D eigenvalue weighted by Crippen LogP contribution is 2.25. The van der Waals surface area contributed by atoms with Gasteiger partial charge in [0, 0.05) is 22.7 Å². The Labute approximate surface area is 93.9 Å². The first-order chi connectivity index (χ1) is 7.74. The van der Waals surface area contributed by atoms with Crippen LogP contribution >= 0.6 is 0 Å². The molecule has 16 heavy (non-hydrogen) atoms. The highest BCUT2D eigenvalue weighted by Gasteiger charge is 2.20. The Morgan fingerprint density at radius 2 is 2.06 bits per heavy atom. The van der Waals surface area contributed by atoms with Crippen molar-refractivity contribution in [2.75, 3.05) is 6.54 Å². The molecule has 4 N–H and O–H groups in total. The molecule has 0 saturated carbocycles. The molecule has 0 aliphatic heterocycles. The van der Waals surface area contributed by atoms with Crippen molar-refractivity contribution in [2.45, 2.75) is 19.3 Å². The summed E-state index contributed by atoms with van der Waals surface area (Å²) in [5.41, 5.74) is 1.67. The van der Waals surface area contributed by atoms with Gasteiger partial charge < -0.3 is 15.2 Å². The Morgan fingerprint density at radius 1 is 1.31 bits per heavy atom. The molecular formula is C12H16N2O2. The van der Waals surface area contributed by atoms with Crippen molar-refractivity contribution in [2.24, 2.45) is 0 Å². The molecule has 4 heteroatoms. The van der Waals surface area contributed by atoms with E-state index in [0.29, 0.717) is 12.1 Å². The number of benzene rings is 1. The summed E-state index contributed by atoms with van der Waals surface area (Å²) in [5, 5.41) is 23.4. The van der Waals surface area contributed by atoms with E-state index < -0.39 is 12.3 Å². The van der Waals surface area contributed by atoms with Gasteiger partial charge in [-0.3, -0.25) is 5.32 Å². The smallest absolute Gasteiger partial charge is 0.135 e. The molecule has 0 amide bonds. The summed E-state index contributed by atoms with van der Waals surface area (Å²) in [6.07, 6.45) is -0.129. The summed E-state index contributed by atoms with van der Waals surface area (Å²) in [6, 6.07) is 7.69. The maximum Gasteiger partial charge on any atom is 0.135 e. The predicted molar refractivity (Wildman–Crippen MR) is 62.9 cm³/mol. The third-order valence-corrected chi connectivity index (χ3v) is 2.65. The molecule has 0 spiro atoms.